The molecule has 0 radical (unpaired) electrons. The van der Waals surface area contributed by atoms with Gasteiger partial charge in [0.1, 0.15) is 5.75 Å². The van der Waals surface area contributed by atoms with Gasteiger partial charge >= 0.3 is 0 Å². The van der Waals surface area contributed by atoms with Gasteiger partial charge in [-0.05, 0) is 36.4 Å². The molecule has 28 heavy (non-hydrogen) atoms. The van der Waals surface area contributed by atoms with Gasteiger partial charge in [0.2, 0.25) is 5.95 Å². The third-order valence-corrected chi connectivity index (χ3v) is 3.90. The van der Waals surface area contributed by atoms with Crippen LogP contribution in [-0.2, 0) is 0 Å². The Bertz CT molecular complexity index is 943. The molecule has 2 aromatic carbocycles. The normalized spacial score (nSPS) is 10.1. The number of benzene rings is 2. The molecule has 1 amide bonds. The zero-order chi connectivity index (χ0) is 19.9. The van der Waals surface area contributed by atoms with Gasteiger partial charge in [0.15, 0.2) is 11.5 Å². The van der Waals surface area contributed by atoms with Crippen molar-refractivity contribution in [2.24, 2.45) is 0 Å². The van der Waals surface area contributed by atoms with Gasteiger partial charge in [-0.2, -0.15) is 0 Å². The lowest BCUT2D eigenvalue weighted by atomic mass is 10.2. The van der Waals surface area contributed by atoms with Gasteiger partial charge in [0, 0.05) is 29.8 Å². The molecule has 0 aliphatic heterocycles. The Labute approximate surface area is 162 Å². The highest BCUT2D eigenvalue weighted by Gasteiger charge is 2.10. The van der Waals surface area contributed by atoms with Crippen molar-refractivity contribution in [3.63, 3.8) is 0 Å². The van der Waals surface area contributed by atoms with E-state index in [0.717, 1.165) is 11.4 Å². The van der Waals surface area contributed by atoms with Crippen LogP contribution in [0, 0.1) is 0 Å². The maximum atomic E-state index is 12.4. The second-order valence-electron chi connectivity index (χ2n) is 5.67. The molecule has 0 saturated heterocycles. The van der Waals surface area contributed by atoms with Crippen LogP contribution < -0.4 is 24.8 Å². The number of ether oxygens (including phenoxy) is 3. The van der Waals surface area contributed by atoms with Gasteiger partial charge in [-0.15, -0.1) is 0 Å². The number of carbonyl (C=O) groups excluding carboxylic acids is 1. The SMILES string of the molecule is COc1ccc(Nc2ncc(C(=O)Nc3ccc(OC)c(OC)c3)cn2)cc1. The van der Waals surface area contributed by atoms with E-state index in [-0.39, 0.29) is 5.91 Å². The smallest absolute Gasteiger partial charge is 0.258 e. The van der Waals surface area contributed by atoms with Gasteiger partial charge in [0.05, 0.1) is 26.9 Å². The first-order valence-corrected chi connectivity index (χ1v) is 8.39. The van der Waals surface area contributed by atoms with E-state index in [9.17, 15) is 4.79 Å². The molecular weight excluding hydrogens is 360 g/mol. The summed E-state index contributed by atoms with van der Waals surface area (Å²) in [5, 5.41) is 5.84. The van der Waals surface area contributed by atoms with Crippen molar-refractivity contribution >= 4 is 23.2 Å². The third kappa shape index (κ3) is 4.47. The number of hydrogen-bond acceptors (Lipinski definition) is 7. The number of aromatic nitrogens is 2. The predicted octanol–water partition coefficient (Wildman–Crippen LogP) is 3.50. The van der Waals surface area contributed by atoms with Crippen molar-refractivity contribution in [2.45, 2.75) is 0 Å². The molecule has 3 aromatic rings. The van der Waals surface area contributed by atoms with Crippen LogP contribution in [0.15, 0.2) is 54.9 Å². The Morgan fingerprint density at radius 3 is 2.07 bits per heavy atom. The molecule has 0 unspecified atom stereocenters. The largest absolute Gasteiger partial charge is 0.497 e. The van der Waals surface area contributed by atoms with Crippen molar-refractivity contribution in [3.05, 3.63) is 60.4 Å². The Hall–Kier alpha value is -3.81. The maximum absolute atomic E-state index is 12.4. The third-order valence-electron chi connectivity index (χ3n) is 3.90. The first kappa shape index (κ1) is 19.0. The van der Waals surface area contributed by atoms with Crippen molar-refractivity contribution in [1.82, 2.24) is 9.97 Å². The molecule has 8 nitrogen and oxygen atoms in total. The average molecular weight is 380 g/mol. The summed E-state index contributed by atoms with van der Waals surface area (Å²) in [7, 11) is 4.69. The van der Waals surface area contributed by atoms with E-state index in [1.54, 1.807) is 32.4 Å². The fourth-order valence-corrected chi connectivity index (χ4v) is 2.43. The van der Waals surface area contributed by atoms with E-state index in [1.807, 2.05) is 24.3 Å². The van der Waals surface area contributed by atoms with E-state index in [2.05, 4.69) is 20.6 Å². The lowest BCUT2D eigenvalue weighted by Gasteiger charge is -2.10. The van der Waals surface area contributed by atoms with E-state index in [4.69, 9.17) is 14.2 Å². The zero-order valence-electron chi connectivity index (χ0n) is 15.7. The topological polar surface area (TPSA) is 94.6 Å². The van der Waals surface area contributed by atoms with Crippen molar-refractivity contribution in [1.29, 1.82) is 0 Å². The molecule has 8 heteroatoms. The lowest BCUT2D eigenvalue weighted by Crippen LogP contribution is -2.13. The summed E-state index contributed by atoms with van der Waals surface area (Å²) in [6.07, 6.45) is 2.91. The second kappa shape index (κ2) is 8.72. The van der Waals surface area contributed by atoms with E-state index >= 15 is 0 Å². The van der Waals surface area contributed by atoms with Crippen molar-refractivity contribution in [3.8, 4) is 17.2 Å². The van der Waals surface area contributed by atoms with Gasteiger partial charge in [-0.25, -0.2) is 9.97 Å². The van der Waals surface area contributed by atoms with E-state index in [1.165, 1.54) is 19.5 Å². The summed E-state index contributed by atoms with van der Waals surface area (Å²) >= 11 is 0. The summed E-state index contributed by atoms with van der Waals surface area (Å²) < 4.78 is 15.5. The number of carbonyl (C=O) groups is 1. The number of nitrogens with zero attached hydrogens (tertiary/aromatic N) is 2. The van der Waals surface area contributed by atoms with E-state index < -0.39 is 0 Å². The fraction of sp³-hybridized carbons (Fsp3) is 0.150. The van der Waals surface area contributed by atoms with Crippen LogP contribution >= 0.6 is 0 Å². The molecule has 0 aliphatic rings. The summed E-state index contributed by atoms with van der Waals surface area (Å²) in [4.78, 5) is 20.8. The van der Waals surface area contributed by atoms with Crippen molar-refractivity contribution < 1.29 is 19.0 Å². The standard InChI is InChI=1S/C20H20N4O4/c1-26-16-7-4-14(5-8-16)24-20-21-11-13(12-22-20)19(25)23-15-6-9-17(27-2)18(10-15)28-3/h4-12H,1-3H3,(H,23,25)(H,21,22,24). The molecule has 1 aromatic heterocycles. The number of amides is 1. The molecule has 3 rings (SSSR count). The lowest BCUT2D eigenvalue weighted by molar-refractivity contribution is 0.102. The zero-order valence-corrected chi connectivity index (χ0v) is 15.7. The van der Waals surface area contributed by atoms with Gasteiger partial charge in [-0.1, -0.05) is 0 Å². The molecule has 2 N–H and O–H groups in total. The quantitative estimate of drug-likeness (QED) is 0.648. The number of anilines is 3. The number of hydrogen-bond donors (Lipinski definition) is 2. The minimum absolute atomic E-state index is 0.329. The van der Waals surface area contributed by atoms with E-state index in [0.29, 0.717) is 28.7 Å². The number of rotatable bonds is 7. The Balaban J connectivity index is 1.66. The molecule has 0 aliphatic carbocycles. The fourth-order valence-electron chi connectivity index (χ4n) is 2.43. The maximum Gasteiger partial charge on any atom is 0.258 e. The summed E-state index contributed by atoms with van der Waals surface area (Å²) in [5.74, 6) is 1.91. The minimum atomic E-state index is -0.330. The molecule has 1 heterocycles. The van der Waals surface area contributed by atoms with Crippen LogP contribution in [0.3, 0.4) is 0 Å². The summed E-state index contributed by atoms with van der Waals surface area (Å²) in [6.45, 7) is 0. The van der Waals surface area contributed by atoms with Crippen LogP contribution in [0.4, 0.5) is 17.3 Å². The van der Waals surface area contributed by atoms with Gasteiger partial charge < -0.3 is 24.8 Å². The second-order valence-corrected chi connectivity index (χ2v) is 5.67. The first-order chi connectivity index (χ1) is 13.6. The summed E-state index contributed by atoms with van der Waals surface area (Å²) in [5.41, 5.74) is 1.71. The highest BCUT2D eigenvalue weighted by atomic mass is 16.5. The Morgan fingerprint density at radius 1 is 0.821 bits per heavy atom. The van der Waals surface area contributed by atoms with Crippen molar-refractivity contribution in [2.75, 3.05) is 32.0 Å². The minimum Gasteiger partial charge on any atom is -0.497 e. The van der Waals surface area contributed by atoms with Gasteiger partial charge in [-0.3, -0.25) is 4.79 Å². The first-order valence-electron chi connectivity index (χ1n) is 8.39. The highest BCUT2D eigenvalue weighted by molar-refractivity contribution is 6.04. The van der Waals surface area contributed by atoms with Crippen LogP contribution in [0.5, 0.6) is 17.2 Å². The predicted molar refractivity (Wildman–Crippen MR) is 106 cm³/mol. The Kier molecular flexibility index (Phi) is 5.91. The highest BCUT2D eigenvalue weighted by Crippen LogP contribution is 2.29. The molecule has 0 fully saturated rings. The Morgan fingerprint density at radius 2 is 1.46 bits per heavy atom. The van der Waals surface area contributed by atoms with Crippen LogP contribution in [-0.4, -0.2) is 37.2 Å². The van der Waals surface area contributed by atoms with Crippen LogP contribution in [0.25, 0.3) is 0 Å². The molecule has 0 atom stereocenters. The van der Waals surface area contributed by atoms with Crippen LogP contribution in [0.2, 0.25) is 0 Å². The molecule has 0 bridgehead atoms. The van der Waals surface area contributed by atoms with Gasteiger partial charge in [0.25, 0.3) is 5.91 Å². The summed E-state index contributed by atoms with van der Waals surface area (Å²) in [6, 6.07) is 12.5. The number of nitrogens with one attached hydrogen (secondary N) is 2. The molecule has 0 spiro atoms. The molecule has 144 valence electrons. The number of methoxy groups -OCH3 is 3. The average Bonchev–Trinajstić information content (AvgIpc) is 2.74. The van der Waals surface area contributed by atoms with Crippen LogP contribution in [0.1, 0.15) is 10.4 Å². The molecular formula is C20H20N4O4. The monoisotopic (exact) mass is 380 g/mol. The molecule has 0 saturated carbocycles.